The minimum Gasteiger partial charge on any atom is -0.348 e. The highest BCUT2D eigenvalue weighted by molar-refractivity contribution is 5.10. The third kappa shape index (κ3) is 1.75. The maximum absolute atomic E-state index is 4.25. The Morgan fingerprint density at radius 1 is 1.69 bits per heavy atom. The average molecular weight is 179 g/mol. The highest BCUT2D eigenvalue weighted by atomic mass is 15.0. The molecule has 0 spiro atoms. The highest BCUT2D eigenvalue weighted by Crippen LogP contribution is 2.44. The molecule has 0 saturated heterocycles. The molecule has 2 N–H and O–H groups in total. The smallest absolute Gasteiger partial charge is 0.0925 e. The molecule has 1 aromatic heterocycles. The highest BCUT2D eigenvalue weighted by Gasteiger charge is 2.45. The van der Waals surface area contributed by atoms with Crippen LogP contribution in [0, 0.1) is 12.3 Å². The Morgan fingerprint density at radius 2 is 2.38 bits per heavy atom. The SMILES string of the molecule is Cc1[nH]cnc1CNC1CC1(C)C. The van der Waals surface area contributed by atoms with Crippen LogP contribution in [0.2, 0.25) is 0 Å². The predicted molar refractivity (Wildman–Crippen MR) is 52.4 cm³/mol. The molecule has 1 unspecified atom stereocenters. The zero-order valence-electron chi connectivity index (χ0n) is 8.52. The van der Waals surface area contributed by atoms with Crippen molar-refractivity contribution in [3.8, 4) is 0 Å². The molecule has 0 aliphatic heterocycles. The summed E-state index contributed by atoms with van der Waals surface area (Å²) in [6.07, 6.45) is 3.04. The number of H-pyrrole nitrogens is 1. The van der Waals surface area contributed by atoms with Gasteiger partial charge in [0.15, 0.2) is 0 Å². The summed E-state index contributed by atoms with van der Waals surface area (Å²) in [5.41, 5.74) is 2.82. The molecule has 3 nitrogen and oxygen atoms in total. The minimum absolute atomic E-state index is 0.504. The number of hydrogen-bond acceptors (Lipinski definition) is 2. The summed E-state index contributed by atoms with van der Waals surface area (Å²) >= 11 is 0. The number of hydrogen-bond donors (Lipinski definition) is 2. The van der Waals surface area contributed by atoms with Crippen molar-refractivity contribution in [3.05, 3.63) is 17.7 Å². The monoisotopic (exact) mass is 179 g/mol. The van der Waals surface area contributed by atoms with Gasteiger partial charge in [-0.15, -0.1) is 0 Å². The first-order valence-electron chi connectivity index (χ1n) is 4.82. The van der Waals surface area contributed by atoms with Crippen LogP contribution in [-0.4, -0.2) is 16.0 Å². The van der Waals surface area contributed by atoms with E-state index >= 15 is 0 Å². The van der Waals surface area contributed by atoms with Crippen LogP contribution in [0.1, 0.15) is 31.7 Å². The van der Waals surface area contributed by atoms with E-state index in [1.807, 2.05) is 0 Å². The van der Waals surface area contributed by atoms with E-state index in [1.54, 1.807) is 6.33 Å². The normalized spacial score (nSPS) is 24.7. The van der Waals surface area contributed by atoms with E-state index in [0.717, 1.165) is 12.2 Å². The van der Waals surface area contributed by atoms with Gasteiger partial charge in [-0.2, -0.15) is 0 Å². The first kappa shape index (κ1) is 8.75. The largest absolute Gasteiger partial charge is 0.348 e. The van der Waals surface area contributed by atoms with Crippen molar-refractivity contribution in [2.75, 3.05) is 0 Å². The van der Waals surface area contributed by atoms with E-state index < -0.39 is 0 Å². The van der Waals surface area contributed by atoms with Crippen LogP contribution in [0.25, 0.3) is 0 Å². The zero-order chi connectivity index (χ0) is 9.47. The van der Waals surface area contributed by atoms with Crippen LogP contribution < -0.4 is 5.32 Å². The van der Waals surface area contributed by atoms with Crippen molar-refractivity contribution >= 4 is 0 Å². The van der Waals surface area contributed by atoms with Crippen LogP contribution in [0.5, 0.6) is 0 Å². The number of rotatable bonds is 3. The molecule has 0 amide bonds. The van der Waals surface area contributed by atoms with Gasteiger partial charge in [0.2, 0.25) is 0 Å². The number of aromatic nitrogens is 2. The lowest BCUT2D eigenvalue weighted by atomic mass is 10.2. The van der Waals surface area contributed by atoms with Crippen LogP contribution in [0.4, 0.5) is 0 Å². The number of nitrogens with zero attached hydrogens (tertiary/aromatic N) is 1. The predicted octanol–water partition coefficient (Wildman–Crippen LogP) is 1.61. The van der Waals surface area contributed by atoms with Crippen LogP contribution in [0.15, 0.2) is 6.33 Å². The van der Waals surface area contributed by atoms with Gasteiger partial charge in [-0.25, -0.2) is 4.98 Å². The Bertz CT molecular complexity index is 301. The lowest BCUT2D eigenvalue weighted by Gasteiger charge is -2.04. The van der Waals surface area contributed by atoms with Crippen LogP contribution in [0.3, 0.4) is 0 Å². The summed E-state index contributed by atoms with van der Waals surface area (Å²) in [4.78, 5) is 7.33. The second-order valence-electron chi connectivity index (χ2n) is 4.60. The topological polar surface area (TPSA) is 40.7 Å². The summed E-state index contributed by atoms with van der Waals surface area (Å²) in [5, 5.41) is 3.51. The van der Waals surface area contributed by atoms with Crippen LogP contribution >= 0.6 is 0 Å². The number of imidazole rings is 1. The fourth-order valence-electron chi connectivity index (χ4n) is 1.60. The Labute approximate surface area is 79.0 Å². The first-order chi connectivity index (χ1) is 6.09. The number of aromatic amines is 1. The Balaban J connectivity index is 1.85. The number of nitrogens with one attached hydrogen (secondary N) is 2. The Kier molecular flexibility index (Phi) is 1.91. The van der Waals surface area contributed by atoms with E-state index in [-0.39, 0.29) is 0 Å². The molecule has 72 valence electrons. The molecule has 1 saturated carbocycles. The van der Waals surface area contributed by atoms with Crippen molar-refractivity contribution in [3.63, 3.8) is 0 Å². The quantitative estimate of drug-likeness (QED) is 0.740. The third-order valence-electron chi connectivity index (χ3n) is 2.96. The molecular formula is C10H17N3. The summed E-state index contributed by atoms with van der Waals surface area (Å²) in [7, 11) is 0. The summed E-state index contributed by atoms with van der Waals surface area (Å²) in [5.74, 6) is 0. The average Bonchev–Trinajstić information content (AvgIpc) is 2.47. The van der Waals surface area contributed by atoms with E-state index in [4.69, 9.17) is 0 Å². The standard InChI is InChI=1S/C10H17N3/c1-7-8(13-6-12-7)5-11-9-4-10(9,2)3/h6,9,11H,4-5H2,1-3H3,(H,12,13). The van der Waals surface area contributed by atoms with Gasteiger partial charge in [-0.1, -0.05) is 13.8 Å². The zero-order valence-corrected chi connectivity index (χ0v) is 8.52. The maximum atomic E-state index is 4.25. The van der Waals surface area contributed by atoms with Crippen molar-refractivity contribution in [2.24, 2.45) is 5.41 Å². The van der Waals surface area contributed by atoms with E-state index in [2.05, 4.69) is 36.1 Å². The van der Waals surface area contributed by atoms with Crippen molar-refractivity contribution in [1.29, 1.82) is 0 Å². The van der Waals surface area contributed by atoms with E-state index in [1.165, 1.54) is 12.1 Å². The first-order valence-corrected chi connectivity index (χ1v) is 4.82. The van der Waals surface area contributed by atoms with Crippen molar-refractivity contribution in [2.45, 2.75) is 39.8 Å². The molecule has 2 rings (SSSR count). The fourth-order valence-corrected chi connectivity index (χ4v) is 1.60. The molecule has 0 bridgehead atoms. The van der Waals surface area contributed by atoms with E-state index in [0.29, 0.717) is 11.5 Å². The van der Waals surface area contributed by atoms with Gasteiger partial charge in [0.05, 0.1) is 12.0 Å². The van der Waals surface area contributed by atoms with Gasteiger partial charge in [0.25, 0.3) is 0 Å². The third-order valence-corrected chi connectivity index (χ3v) is 2.96. The molecule has 1 aliphatic carbocycles. The Morgan fingerprint density at radius 3 is 2.85 bits per heavy atom. The number of aryl methyl sites for hydroxylation is 1. The minimum atomic E-state index is 0.504. The molecule has 1 fully saturated rings. The Hall–Kier alpha value is -0.830. The molecule has 1 aromatic rings. The summed E-state index contributed by atoms with van der Waals surface area (Å²) < 4.78 is 0. The van der Waals surface area contributed by atoms with Gasteiger partial charge < -0.3 is 10.3 Å². The molecule has 1 aliphatic rings. The van der Waals surface area contributed by atoms with Gasteiger partial charge in [0.1, 0.15) is 0 Å². The fraction of sp³-hybridized carbons (Fsp3) is 0.700. The summed E-state index contributed by atoms with van der Waals surface area (Å²) in [6, 6.07) is 0.684. The van der Waals surface area contributed by atoms with Gasteiger partial charge in [-0.05, 0) is 18.8 Å². The summed E-state index contributed by atoms with van der Waals surface area (Å²) in [6.45, 7) is 7.54. The molecule has 1 atom stereocenters. The lowest BCUT2D eigenvalue weighted by molar-refractivity contribution is 0.538. The van der Waals surface area contributed by atoms with Gasteiger partial charge in [-0.3, -0.25) is 0 Å². The van der Waals surface area contributed by atoms with Crippen molar-refractivity contribution in [1.82, 2.24) is 15.3 Å². The molecule has 1 heterocycles. The molecular weight excluding hydrogens is 162 g/mol. The maximum Gasteiger partial charge on any atom is 0.0925 e. The lowest BCUT2D eigenvalue weighted by Crippen LogP contribution is -2.20. The second-order valence-corrected chi connectivity index (χ2v) is 4.60. The molecule has 3 heteroatoms. The van der Waals surface area contributed by atoms with Gasteiger partial charge in [0, 0.05) is 18.3 Å². The molecule has 13 heavy (non-hydrogen) atoms. The van der Waals surface area contributed by atoms with E-state index in [9.17, 15) is 0 Å². The van der Waals surface area contributed by atoms with Crippen molar-refractivity contribution < 1.29 is 0 Å². The second kappa shape index (κ2) is 2.84. The molecule has 0 radical (unpaired) electrons. The van der Waals surface area contributed by atoms with Crippen LogP contribution in [-0.2, 0) is 6.54 Å². The molecule has 0 aromatic carbocycles. The van der Waals surface area contributed by atoms with Gasteiger partial charge >= 0.3 is 0 Å².